The predicted octanol–water partition coefficient (Wildman–Crippen LogP) is 4.83. The highest BCUT2D eigenvalue weighted by molar-refractivity contribution is 5.99. The van der Waals surface area contributed by atoms with Crippen LogP contribution < -0.4 is 5.32 Å². The van der Waals surface area contributed by atoms with Gasteiger partial charge in [-0.05, 0) is 41.5 Å². The summed E-state index contributed by atoms with van der Waals surface area (Å²) in [7, 11) is 0. The second-order valence-electron chi connectivity index (χ2n) is 7.04. The van der Waals surface area contributed by atoms with Gasteiger partial charge in [0, 0.05) is 23.9 Å². The van der Waals surface area contributed by atoms with Crippen molar-refractivity contribution in [2.24, 2.45) is 0 Å². The number of nitrogens with zero attached hydrogens (tertiary/aromatic N) is 1. The maximum atomic E-state index is 13.4. The summed E-state index contributed by atoms with van der Waals surface area (Å²) in [6.07, 6.45) is -0.135. The van der Waals surface area contributed by atoms with E-state index in [1.807, 2.05) is 12.1 Å². The first-order valence-corrected chi connectivity index (χ1v) is 9.31. The third-order valence-corrected chi connectivity index (χ3v) is 5.06. The van der Waals surface area contributed by atoms with Crippen molar-refractivity contribution >= 4 is 17.5 Å². The number of amides is 2. The molecule has 0 saturated carbocycles. The topological polar surface area (TPSA) is 49.4 Å². The molecular weight excluding hydrogens is 393 g/mol. The van der Waals surface area contributed by atoms with E-state index < -0.39 is 29.4 Å². The maximum Gasteiger partial charge on any atom is 0.255 e. The van der Waals surface area contributed by atoms with Gasteiger partial charge in [-0.2, -0.15) is 0 Å². The van der Waals surface area contributed by atoms with Crippen molar-refractivity contribution in [3.05, 3.63) is 101 Å². The summed E-state index contributed by atoms with van der Waals surface area (Å²) in [5.74, 6) is -3.23. The fourth-order valence-corrected chi connectivity index (χ4v) is 3.58. The van der Waals surface area contributed by atoms with E-state index in [9.17, 15) is 22.8 Å². The molecule has 7 heteroatoms. The molecule has 2 amide bonds. The van der Waals surface area contributed by atoms with Crippen LogP contribution in [0.4, 0.5) is 18.9 Å². The molecule has 0 fully saturated rings. The van der Waals surface area contributed by atoms with Gasteiger partial charge in [0.1, 0.15) is 5.82 Å². The molecule has 4 nitrogen and oxygen atoms in total. The van der Waals surface area contributed by atoms with Crippen molar-refractivity contribution in [2.45, 2.75) is 19.0 Å². The van der Waals surface area contributed by atoms with E-state index in [0.717, 1.165) is 17.7 Å². The normalized spacial score (nSPS) is 13.8. The van der Waals surface area contributed by atoms with Crippen molar-refractivity contribution in [3.8, 4) is 0 Å². The van der Waals surface area contributed by atoms with Crippen molar-refractivity contribution in [1.82, 2.24) is 4.90 Å². The Morgan fingerprint density at radius 1 is 0.967 bits per heavy atom. The fraction of sp³-hybridized carbons (Fsp3) is 0.130. The lowest BCUT2D eigenvalue weighted by Crippen LogP contribution is -2.32. The summed E-state index contributed by atoms with van der Waals surface area (Å²) >= 11 is 0. The standard InChI is InChI=1S/C23H17F3N2O2/c24-16-7-5-14(6-8-16)21(28-13-15-3-1-2-4-18(15)23(28)30)12-22(29)27-17-9-10-19(25)20(26)11-17/h1-11,21H,12-13H2,(H,27,29)/t21-/m0/s1. The molecule has 1 atom stereocenters. The van der Waals surface area contributed by atoms with Gasteiger partial charge in [0.25, 0.3) is 5.91 Å². The van der Waals surface area contributed by atoms with E-state index in [2.05, 4.69) is 5.32 Å². The Bertz CT molecular complexity index is 1120. The second kappa shape index (κ2) is 8.02. The molecule has 1 aliphatic rings. The Kier molecular flexibility index (Phi) is 5.27. The molecule has 1 heterocycles. The zero-order valence-electron chi connectivity index (χ0n) is 15.7. The van der Waals surface area contributed by atoms with Gasteiger partial charge in [-0.3, -0.25) is 9.59 Å². The average molecular weight is 410 g/mol. The van der Waals surface area contributed by atoms with Crippen molar-refractivity contribution < 1.29 is 22.8 Å². The number of hydrogen-bond acceptors (Lipinski definition) is 2. The molecule has 4 rings (SSSR count). The number of nitrogens with one attached hydrogen (secondary N) is 1. The van der Waals surface area contributed by atoms with Crippen LogP contribution in [0.1, 0.15) is 33.9 Å². The number of carbonyl (C=O) groups excluding carboxylic acids is 2. The summed E-state index contributed by atoms with van der Waals surface area (Å²) in [5, 5.41) is 2.52. The molecule has 0 unspecified atom stereocenters. The Labute approximate surface area is 170 Å². The maximum absolute atomic E-state index is 13.4. The number of carbonyl (C=O) groups is 2. The van der Waals surface area contributed by atoms with Gasteiger partial charge < -0.3 is 10.2 Å². The van der Waals surface area contributed by atoms with Crippen LogP contribution in [0.15, 0.2) is 66.7 Å². The van der Waals surface area contributed by atoms with Crippen LogP contribution in [-0.2, 0) is 11.3 Å². The minimum absolute atomic E-state index is 0.104. The second-order valence-corrected chi connectivity index (χ2v) is 7.04. The first kappa shape index (κ1) is 19.7. The summed E-state index contributed by atoms with van der Waals surface area (Å²) in [6.45, 7) is 0.315. The summed E-state index contributed by atoms with van der Waals surface area (Å²) in [4.78, 5) is 27.1. The fourth-order valence-electron chi connectivity index (χ4n) is 3.58. The summed E-state index contributed by atoms with van der Waals surface area (Å²) < 4.78 is 40.0. The van der Waals surface area contributed by atoms with Crippen molar-refractivity contribution in [2.75, 3.05) is 5.32 Å². The van der Waals surface area contributed by atoms with Crippen LogP contribution in [0.2, 0.25) is 0 Å². The van der Waals surface area contributed by atoms with Gasteiger partial charge in [-0.1, -0.05) is 30.3 Å². The molecule has 1 N–H and O–H groups in total. The SMILES string of the molecule is O=C(C[C@@H](c1ccc(F)cc1)N1Cc2ccccc2C1=O)Nc1ccc(F)c(F)c1. The zero-order chi connectivity index (χ0) is 21.3. The molecule has 3 aromatic carbocycles. The molecule has 0 spiro atoms. The van der Waals surface area contributed by atoms with Gasteiger partial charge >= 0.3 is 0 Å². The lowest BCUT2D eigenvalue weighted by molar-refractivity contribution is -0.117. The molecule has 0 radical (unpaired) electrons. The zero-order valence-corrected chi connectivity index (χ0v) is 15.7. The number of benzene rings is 3. The molecule has 0 bridgehead atoms. The van der Waals surface area contributed by atoms with E-state index in [0.29, 0.717) is 17.7 Å². The molecule has 1 aliphatic heterocycles. The van der Waals surface area contributed by atoms with E-state index in [-0.39, 0.29) is 18.0 Å². The molecule has 0 aliphatic carbocycles. The molecule has 3 aromatic rings. The predicted molar refractivity (Wildman–Crippen MR) is 105 cm³/mol. The number of fused-ring (bicyclic) bond motifs is 1. The largest absolute Gasteiger partial charge is 0.327 e. The monoisotopic (exact) mass is 410 g/mol. The van der Waals surface area contributed by atoms with Crippen LogP contribution in [0.25, 0.3) is 0 Å². The molecule has 0 saturated heterocycles. The first-order chi connectivity index (χ1) is 14.4. The Hall–Kier alpha value is -3.61. The third-order valence-electron chi connectivity index (χ3n) is 5.06. The Morgan fingerprint density at radius 2 is 1.70 bits per heavy atom. The minimum Gasteiger partial charge on any atom is -0.327 e. The number of hydrogen-bond donors (Lipinski definition) is 1. The highest BCUT2D eigenvalue weighted by Gasteiger charge is 2.34. The molecule has 152 valence electrons. The molecule has 30 heavy (non-hydrogen) atoms. The lowest BCUT2D eigenvalue weighted by atomic mass is 10.0. The van der Waals surface area contributed by atoms with Gasteiger partial charge in [-0.15, -0.1) is 0 Å². The Balaban J connectivity index is 1.60. The van der Waals surface area contributed by atoms with Crippen LogP contribution in [-0.4, -0.2) is 16.7 Å². The quantitative estimate of drug-likeness (QED) is 0.655. The van der Waals surface area contributed by atoms with Crippen LogP contribution in [0.3, 0.4) is 0 Å². The smallest absolute Gasteiger partial charge is 0.255 e. The minimum atomic E-state index is -1.08. The number of anilines is 1. The summed E-state index contributed by atoms with van der Waals surface area (Å²) in [5.41, 5.74) is 2.10. The van der Waals surface area contributed by atoms with E-state index in [1.54, 1.807) is 17.0 Å². The van der Waals surface area contributed by atoms with Crippen LogP contribution in [0, 0.1) is 17.5 Å². The average Bonchev–Trinajstić information content (AvgIpc) is 3.06. The van der Waals surface area contributed by atoms with Crippen LogP contribution >= 0.6 is 0 Å². The lowest BCUT2D eigenvalue weighted by Gasteiger charge is -2.28. The highest BCUT2D eigenvalue weighted by atomic mass is 19.2. The first-order valence-electron chi connectivity index (χ1n) is 9.31. The van der Waals surface area contributed by atoms with Crippen molar-refractivity contribution in [1.29, 1.82) is 0 Å². The van der Waals surface area contributed by atoms with Gasteiger partial charge in [0.15, 0.2) is 11.6 Å². The van der Waals surface area contributed by atoms with Gasteiger partial charge in [0.05, 0.1) is 12.5 Å². The van der Waals surface area contributed by atoms with Crippen LogP contribution in [0.5, 0.6) is 0 Å². The number of halogens is 3. The van der Waals surface area contributed by atoms with Gasteiger partial charge in [0.2, 0.25) is 5.91 Å². The number of rotatable bonds is 5. The third kappa shape index (κ3) is 3.91. The van der Waals surface area contributed by atoms with E-state index in [1.165, 1.54) is 30.3 Å². The highest BCUT2D eigenvalue weighted by Crippen LogP contribution is 2.33. The molecule has 0 aromatic heterocycles. The van der Waals surface area contributed by atoms with E-state index >= 15 is 0 Å². The molecular formula is C23H17F3N2O2. The van der Waals surface area contributed by atoms with Gasteiger partial charge in [-0.25, -0.2) is 13.2 Å². The van der Waals surface area contributed by atoms with Crippen molar-refractivity contribution in [3.63, 3.8) is 0 Å². The summed E-state index contributed by atoms with van der Waals surface area (Å²) in [6, 6.07) is 15.2. The Morgan fingerprint density at radius 3 is 2.40 bits per heavy atom. The van der Waals surface area contributed by atoms with E-state index in [4.69, 9.17) is 0 Å².